The molecule has 1 aliphatic heterocycles. The number of carbonyl (C=O) groups is 1. The van der Waals surface area contributed by atoms with Crippen molar-refractivity contribution in [1.29, 1.82) is 0 Å². The van der Waals surface area contributed by atoms with E-state index in [9.17, 15) is 9.18 Å². The number of anilines is 1. The third-order valence-electron chi connectivity index (χ3n) is 6.33. The molecule has 9 nitrogen and oxygen atoms in total. The van der Waals surface area contributed by atoms with Crippen molar-refractivity contribution in [3.63, 3.8) is 0 Å². The fraction of sp³-hybridized carbons (Fsp3) is 0.200. The number of morpholine rings is 1. The number of hydrogen-bond donors (Lipinski definition) is 2. The van der Waals surface area contributed by atoms with Crippen molar-refractivity contribution in [2.45, 2.75) is 13.5 Å². The topological polar surface area (TPSA) is 105 Å². The number of fused-ring (bicyclic) bond motifs is 1. The van der Waals surface area contributed by atoms with Crippen LogP contribution in [0.5, 0.6) is 5.88 Å². The van der Waals surface area contributed by atoms with E-state index in [-0.39, 0.29) is 17.3 Å². The lowest BCUT2D eigenvalue weighted by molar-refractivity contribution is 0.0341. The molecule has 0 aliphatic carbocycles. The van der Waals surface area contributed by atoms with Gasteiger partial charge < -0.3 is 14.8 Å². The summed E-state index contributed by atoms with van der Waals surface area (Å²) in [6.07, 6.45) is 12.6. The maximum atomic E-state index is 14.0. The monoisotopic (exact) mass is 538 g/mol. The lowest BCUT2D eigenvalue weighted by Gasteiger charge is -2.26. The number of ether oxygens (including phenoxy) is 2. The Balaban J connectivity index is 1.30. The van der Waals surface area contributed by atoms with E-state index in [1.54, 1.807) is 13.0 Å². The van der Waals surface area contributed by atoms with Gasteiger partial charge >= 0.3 is 0 Å². The molecule has 5 rings (SSSR count). The Kier molecular flexibility index (Phi) is 8.25. The molecule has 1 aromatic carbocycles. The molecular formula is C30H27FN6O3. The molecule has 1 saturated heterocycles. The first kappa shape index (κ1) is 26.7. The van der Waals surface area contributed by atoms with Crippen molar-refractivity contribution < 1.29 is 18.7 Å². The van der Waals surface area contributed by atoms with Gasteiger partial charge in [0.05, 0.1) is 30.6 Å². The van der Waals surface area contributed by atoms with Gasteiger partial charge in [0.15, 0.2) is 17.3 Å². The van der Waals surface area contributed by atoms with Gasteiger partial charge in [-0.3, -0.25) is 19.8 Å². The van der Waals surface area contributed by atoms with Gasteiger partial charge in [-0.05, 0) is 48.4 Å². The van der Waals surface area contributed by atoms with E-state index < -0.39 is 11.7 Å². The minimum absolute atomic E-state index is 0.0529. The van der Waals surface area contributed by atoms with Crippen LogP contribution in [0.2, 0.25) is 0 Å². The zero-order chi connectivity index (χ0) is 27.9. The fourth-order valence-corrected chi connectivity index (χ4v) is 4.32. The van der Waals surface area contributed by atoms with Crippen LogP contribution in [-0.2, 0) is 11.3 Å². The van der Waals surface area contributed by atoms with Crippen LogP contribution >= 0.6 is 0 Å². The summed E-state index contributed by atoms with van der Waals surface area (Å²) in [6.45, 7) is 5.70. The SMILES string of the molecule is C#C/C=C(F)\C(=C/C)Oc1ccc(NC(=O)c2n[nH]c3ccc(-c4cncc(CN5CCOCC5)c4)cc23)cn1. The standard InChI is InChI=1S/C30H27FN6O3/c1-3-5-25(31)27(4-2)40-28-9-7-23(18-33-28)34-30(38)29-24-15-21(6-8-26(24)35-36-29)22-14-20(16-32-17-22)19-37-10-12-39-13-11-37/h1,4-9,14-18H,10-13,19H2,2H3,(H,34,38)(H,35,36)/b25-5+,27-4+. The summed E-state index contributed by atoms with van der Waals surface area (Å²) in [5.41, 5.74) is 4.39. The van der Waals surface area contributed by atoms with Gasteiger partial charge in [0.25, 0.3) is 5.91 Å². The maximum Gasteiger partial charge on any atom is 0.276 e. The van der Waals surface area contributed by atoms with E-state index >= 15 is 0 Å². The van der Waals surface area contributed by atoms with Gasteiger partial charge in [0, 0.05) is 55.1 Å². The summed E-state index contributed by atoms with van der Waals surface area (Å²) in [7, 11) is 0. The molecule has 0 atom stereocenters. The Hall–Kier alpha value is -4.85. The molecule has 0 spiro atoms. The molecular weight excluding hydrogens is 511 g/mol. The summed E-state index contributed by atoms with van der Waals surface area (Å²) in [4.78, 5) is 24.0. The predicted molar refractivity (Wildman–Crippen MR) is 150 cm³/mol. The van der Waals surface area contributed by atoms with Crippen molar-refractivity contribution in [3.05, 3.63) is 90.0 Å². The minimum Gasteiger partial charge on any atom is -0.436 e. The zero-order valence-electron chi connectivity index (χ0n) is 21.9. The largest absolute Gasteiger partial charge is 0.436 e. The molecule has 202 valence electrons. The Bertz CT molecular complexity index is 1610. The number of benzene rings is 1. The maximum absolute atomic E-state index is 14.0. The second kappa shape index (κ2) is 12.3. The van der Waals surface area contributed by atoms with Crippen LogP contribution in [0.1, 0.15) is 23.0 Å². The Morgan fingerprint density at radius 2 is 2.05 bits per heavy atom. The predicted octanol–water partition coefficient (Wildman–Crippen LogP) is 4.87. The van der Waals surface area contributed by atoms with Crippen molar-refractivity contribution in [1.82, 2.24) is 25.1 Å². The molecule has 1 amide bonds. The van der Waals surface area contributed by atoms with E-state index in [1.165, 1.54) is 18.3 Å². The fourth-order valence-electron chi connectivity index (χ4n) is 4.32. The molecule has 0 radical (unpaired) electrons. The molecule has 1 fully saturated rings. The summed E-state index contributed by atoms with van der Waals surface area (Å²) in [5.74, 6) is 1.11. The van der Waals surface area contributed by atoms with Crippen LogP contribution in [-0.4, -0.2) is 57.3 Å². The first-order valence-corrected chi connectivity index (χ1v) is 12.7. The van der Waals surface area contributed by atoms with Gasteiger partial charge in [-0.25, -0.2) is 9.37 Å². The molecule has 3 aromatic heterocycles. The molecule has 0 unspecified atom stereocenters. The molecule has 0 saturated carbocycles. The first-order valence-electron chi connectivity index (χ1n) is 12.7. The van der Waals surface area contributed by atoms with E-state index in [0.29, 0.717) is 11.1 Å². The lowest BCUT2D eigenvalue weighted by atomic mass is 10.0. The van der Waals surface area contributed by atoms with E-state index in [1.807, 2.05) is 30.6 Å². The van der Waals surface area contributed by atoms with Gasteiger partial charge in [-0.15, -0.1) is 6.42 Å². The van der Waals surface area contributed by atoms with Gasteiger partial charge in [0.1, 0.15) is 0 Å². The van der Waals surface area contributed by atoms with Gasteiger partial charge in [-0.1, -0.05) is 12.0 Å². The van der Waals surface area contributed by atoms with Crippen LogP contribution in [0.4, 0.5) is 10.1 Å². The first-order chi connectivity index (χ1) is 19.5. The number of amides is 1. The average molecular weight is 539 g/mol. The number of pyridine rings is 2. The van der Waals surface area contributed by atoms with Crippen LogP contribution in [0.25, 0.3) is 22.0 Å². The highest BCUT2D eigenvalue weighted by atomic mass is 19.1. The number of aromatic amines is 1. The number of nitrogens with zero attached hydrogens (tertiary/aromatic N) is 4. The number of rotatable bonds is 8. The number of hydrogen-bond acceptors (Lipinski definition) is 7. The highest BCUT2D eigenvalue weighted by Crippen LogP contribution is 2.27. The molecule has 4 heterocycles. The highest BCUT2D eigenvalue weighted by Gasteiger charge is 2.17. The zero-order valence-corrected chi connectivity index (χ0v) is 21.9. The van der Waals surface area contributed by atoms with Crippen LogP contribution in [0, 0.1) is 12.3 Å². The van der Waals surface area contributed by atoms with E-state index in [0.717, 1.165) is 61.1 Å². The summed E-state index contributed by atoms with van der Waals surface area (Å²) < 4.78 is 24.8. The molecule has 4 aromatic rings. The summed E-state index contributed by atoms with van der Waals surface area (Å²) in [5, 5.41) is 10.6. The van der Waals surface area contributed by atoms with Crippen molar-refractivity contribution in [2.75, 3.05) is 31.6 Å². The second-order valence-electron chi connectivity index (χ2n) is 9.06. The summed E-state index contributed by atoms with van der Waals surface area (Å²) >= 11 is 0. The normalized spacial score (nSPS) is 14.6. The van der Waals surface area contributed by atoms with Crippen molar-refractivity contribution in [2.24, 2.45) is 0 Å². The third kappa shape index (κ3) is 6.23. The number of H-pyrrole nitrogens is 1. The Labute approximate surface area is 230 Å². The third-order valence-corrected chi connectivity index (χ3v) is 6.33. The summed E-state index contributed by atoms with van der Waals surface area (Å²) in [6, 6.07) is 11.0. The Morgan fingerprint density at radius 1 is 1.20 bits per heavy atom. The molecule has 10 heteroatoms. The number of nitrogens with one attached hydrogen (secondary N) is 2. The quantitative estimate of drug-likeness (QED) is 0.187. The average Bonchev–Trinajstić information content (AvgIpc) is 3.41. The van der Waals surface area contributed by atoms with Crippen LogP contribution in [0.15, 0.2) is 78.7 Å². The minimum atomic E-state index is -0.687. The molecule has 2 N–H and O–H groups in total. The van der Waals surface area contributed by atoms with Gasteiger partial charge in [0.2, 0.25) is 5.88 Å². The van der Waals surface area contributed by atoms with Gasteiger partial charge in [-0.2, -0.15) is 5.10 Å². The lowest BCUT2D eigenvalue weighted by Crippen LogP contribution is -2.35. The van der Waals surface area contributed by atoms with Crippen LogP contribution in [0.3, 0.4) is 0 Å². The van der Waals surface area contributed by atoms with Crippen molar-refractivity contribution >= 4 is 22.5 Å². The molecule has 1 aliphatic rings. The number of halogens is 1. The number of allylic oxidation sites excluding steroid dienone is 3. The van der Waals surface area contributed by atoms with Crippen LogP contribution < -0.4 is 10.1 Å². The van der Waals surface area contributed by atoms with Crippen molar-refractivity contribution in [3.8, 4) is 29.4 Å². The smallest absolute Gasteiger partial charge is 0.276 e. The van der Waals surface area contributed by atoms with E-state index in [4.69, 9.17) is 15.9 Å². The number of carbonyl (C=O) groups excluding carboxylic acids is 1. The highest BCUT2D eigenvalue weighted by molar-refractivity contribution is 6.11. The molecule has 40 heavy (non-hydrogen) atoms. The molecule has 0 bridgehead atoms. The second-order valence-corrected chi connectivity index (χ2v) is 9.06. The number of aromatic nitrogens is 4. The Morgan fingerprint density at radius 3 is 2.80 bits per heavy atom. The number of terminal acetylenes is 1. The van der Waals surface area contributed by atoms with E-state index in [2.05, 4.69) is 42.4 Å².